The summed E-state index contributed by atoms with van der Waals surface area (Å²) < 4.78 is 5.43. The van der Waals surface area contributed by atoms with Crippen LogP contribution in [0.4, 0.5) is 5.69 Å². The first-order chi connectivity index (χ1) is 9.74. The van der Waals surface area contributed by atoms with Crippen LogP contribution in [-0.4, -0.2) is 17.8 Å². The summed E-state index contributed by atoms with van der Waals surface area (Å²) >= 11 is 5.42. The number of rotatable bonds is 4. The molecule has 4 heteroatoms. The highest BCUT2D eigenvalue weighted by Crippen LogP contribution is 2.44. The van der Waals surface area contributed by atoms with Gasteiger partial charge < -0.3 is 15.4 Å². The second-order valence-corrected chi connectivity index (χ2v) is 6.25. The first kappa shape index (κ1) is 13.7. The molecule has 3 atom stereocenters. The van der Waals surface area contributed by atoms with Crippen molar-refractivity contribution in [1.82, 2.24) is 5.32 Å². The van der Waals surface area contributed by atoms with Gasteiger partial charge in [0.1, 0.15) is 5.75 Å². The topological polar surface area (TPSA) is 33.3 Å². The van der Waals surface area contributed by atoms with Crippen LogP contribution in [-0.2, 0) is 0 Å². The molecule has 0 saturated heterocycles. The summed E-state index contributed by atoms with van der Waals surface area (Å²) in [5.74, 6) is 2.66. The summed E-state index contributed by atoms with van der Waals surface area (Å²) in [7, 11) is 0. The predicted molar refractivity (Wildman–Crippen MR) is 86.2 cm³/mol. The van der Waals surface area contributed by atoms with Crippen molar-refractivity contribution in [3.8, 4) is 5.75 Å². The van der Waals surface area contributed by atoms with Gasteiger partial charge in [0, 0.05) is 11.7 Å². The van der Waals surface area contributed by atoms with Crippen LogP contribution in [0, 0.1) is 11.8 Å². The molecule has 1 aromatic rings. The van der Waals surface area contributed by atoms with Crippen LogP contribution in [0.2, 0.25) is 0 Å². The van der Waals surface area contributed by atoms with Gasteiger partial charge in [-0.1, -0.05) is 6.42 Å². The van der Waals surface area contributed by atoms with Crippen molar-refractivity contribution in [2.45, 2.75) is 38.6 Å². The normalized spacial score (nSPS) is 27.4. The van der Waals surface area contributed by atoms with E-state index in [9.17, 15) is 0 Å². The van der Waals surface area contributed by atoms with Crippen LogP contribution in [0.15, 0.2) is 24.3 Å². The molecule has 0 amide bonds. The lowest BCUT2D eigenvalue weighted by Gasteiger charge is -2.24. The number of fused-ring (bicyclic) bond motifs is 2. The van der Waals surface area contributed by atoms with Crippen LogP contribution >= 0.6 is 12.2 Å². The summed E-state index contributed by atoms with van der Waals surface area (Å²) in [4.78, 5) is 0. The van der Waals surface area contributed by atoms with Gasteiger partial charge in [0.05, 0.1) is 6.61 Å². The van der Waals surface area contributed by atoms with Crippen LogP contribution in [0.1, 0.15) is 32.6 Å². The van der Waals surface area contributed by atoms with Gasteiger partial charge >= 0.3 is 0 Å². The fourth-order valence-electron chi connectivity index (χ4n) is 3.56. The second kappa shape index (κ2) is 6.00. The highest BCUT2D eigenvalue weighted by atomic mass is 32.1. The van der Waals surface area contributed by atoms with Crippen LogP contribution in [0.3, 0.4) is 0 Å². The first-order valence-corrected chi connectivity index (χ1v) is 7.96. The smallest absolute Gasteiger partial charge is 0.171 e. The van der Waals surface area contributed by atoms with E-state index in [2.05, 4.69) is 10.6 Å². The first-order valence-electron chi connectivity index (χ1n) is 7.55. The van der Waals surface area contributed by atoms with Crippen LogP contribution in [0.25, 0.3) is 0 Å². The zero-order valence-corrected chi connectivity index (χ0v) is 12.7. The highest BCUT2D eigenvalue weighted by molar-refractivity contribution is 7.80. The molecule has 2 bridgehead atoms. The lowest BCUT2D eigenvalue weighted by atomic mass is 9.96. The number of hydrogen-bond donors (Lipinski definition) is 2. The number of benzene rings is 1. The van der Waals surface area contributed by atoms with Gasteiger partial charge in [-0.25, -0.2) is 0 Å². The third-order valence-electron chi connectivity index (χ3n) is 4.48. The molecule has 0 aliphatic heterocycles. The van der Waals surface area contributed by atoms with E-state index in [4.69, 9.17) is 17.0 Å². The van der Waals surface area contributed by atoms with E-state index in [1.807, 2.05) is 31.2 Å². The molecule has 108 valence electrons. The zero-order valence-electron chi connectivity index (χ0n) is 11.9. The average Bonchev–Trinajstić information content (AvgIpc) is 3.03. The maximum atomic E-state index is 5.43. The minimum atomic E-state index is 0.580. The largest absolute Gasteiger partial charge is 0.494 e. The van der Waals surface area contributed by atoms with Crippen molar-refractivity contribution in [2.24, 2.45) is 11.8 Å². The zero-order chi connectivity index (χ0) is 13.9. The molecule has 20 heavy (non-hydrogen) atoms. The number of hydrogen-bond acceptors (Lipinski definition) is 2. The van der Waals surface area contributed by atoms with Gasteiger partial charge in [0.2, 0.25) is 0 Å². The Hall–Kier alpha value is -1.29. The number of nitrogens with one attached hydrogen (secondary N) is 2. The lowest BCUT2D eigenvalue weighted by Crippen LogP contribution is -2.40. The molecule has 0 radical (unpaired) electrons. The standard InChI is InChI=1S/C16H22N2OS/c1-2-19-14-7-5-13(6-8-14)17-16(20)18-15-10-11-3-4-12(15)9-11/h5-8,11-12,15H,2-4,9-10H2,1H3,(H2,17,18,20)/t11-,12+,15+/m0/s1. The molecule has 0 heterocycles. The minimum absolute atomic E-state index is 0.580. The quantitative estimate of drug-likeness (QED) is 0.831. The predicted octanol–water partition coefficient (Wildman–Crippen LogP) is 3.56. The minimum Gasteiger partial charge on any atom is -0.494 e. The Bertz CT molecular complexity index is 474. The Kier molecular flexibility index (Phi) is 4.10. The van der Waals surface area contributed by atoms with E-state index in [0.29, 0.717) is 12.6 Å². The van der Waals surface area contributed by atoms with Crippen molar-refractivity contribution in [2.75, 3.05) is 11.9 Å². The molecule has 2 saturated carbocycles. The molecule has 1 aromatic carbocycles. The maximum absolute atomic E-state index is 5.43. The molecule has 0 unspecified atom stereocenters. The van der Waals surface area contributed by atoms with E-state index in [1.165, 1.54) is 25.7 Å². The summed E-state index contributed by atoms with van der Waals surface area (Å²) in [6, 6.07) is 8.51. The lowest BCUT2D eigenvalue weighted by molar-refractivity contribution is 0.340. The number of anilines is 1. The number of ether oxygens (including phenoxy) is 1. The molecular formula is C16H22N2OS. The van der Waals surface area contributed by atoms with E-state index in [0.717, 1.165) is 28.4 Å². The van der Waals surface area contributed by atoms with Gasteiger partial charge in [0.25, 0.3) is 0 Å². The molecule has 3 nitrogen and oxygen atoms in total. The van der Waals surface area contributed by atoms with E-state index < -0.39 is 0 Å². The van der Waals surface area contributed by atoms with E-state index in [1.54, 1.807) is 0 Å². The Morgan fingerprint density at radius 3 is 2.65 bits per heavy atom. The van der Waals surface area contributed by atoms with Crippen LogP contribution < -0.4 is 15.4 Å². The Balaban J connectivity index is 1.51. The third kappa shape index (κ3) is 3.06. The van der Waals surface area contributed by atoms with Crippen molar-refractivity contribution in [3.63, 3.8) is 0 Å². The molecular weight excluding hydrogens is 268 g/mol. The van der Waals surface area contributed by atoms with E-state index in [-0.39, 0.29) is 0 Å². The summed E-state index contributed by atoms with van der Waals surface area (Å²) in [5, 5.41) is 7.49. The second-order valence-electron chi connectivity index (χ2n) is 5.84. The van der Waals surface area contributed by atoms with Gasteiger partial charge in [-0.2, -0.15) is 0 Å². The fraction of sp³-hybridized carbons (Fsp3) is 0.562. The average molecular weight is 290 g/mol. The Labute approximate surface area is 126 Å². The van der Waals surface area contributed by atoms with Crippen molar-refractivity contribution >= 4 is 23.0 Å². The number of thiocarbonyl (C=S) groups is 1. The molecule has 3 rings (SSSR count). The summed E-state index contributed by atoms with van der Waals surface area (Å²) in [6.45, 7) is 2.68. The third-order valence-corrected chi connectivity index (χ3v) is 4.70. The molecule has 2 fully saturated rings. The summed E-state index contributed by atoms with van der Waals surface area (Å²) in [6.07, 6.45) is 5.47. The maximum Gasteiger partial charge on any atom is 0.171 e. The fourth-order valence-corrected chi connectivity index (χ4v) is 3.83. The van der Waals surface area contributed by atoms with E-state index >= 15 is 0 Å². The van der Waals surface area contributed by atoms with Gasteiger partial charge in [-0.15, -0.1) is 0 Å². The molecule has 2 aliphatic rings. The molecule has 2 aliphatic carbocycles. The van der Waals surface area contributed by atoms with Gasteiger partial charge in [0.15, 0.2) is 5.11 Å². The van der Waals surface area contributed by atoms with Gasteiger partial charge in [-0.05, 0) is 74.5 Å². The molecule has 0 spiro atoms. The van der Waals surface area contributed by atoms with Gasteiger partial charge in [-0.3, -0.25) is 0 Å². The molecule has 2 N–H and O–H groups in total. The van der Waals surface area contributed by atoms with Crippen molar-refractivity contribution < 1.29 is 4.74 Å². The monoisotopic (exact) mass is 290 g/mol. The van der Waals surface area contributed by atoms with Crippen molar-refractivity contribution in [1.29, 1.82) is 0 Å². The summed E-state index contributed by atoms with van der Waals surface area (Å²) in [5.41, 5.74) is 1.01. The Morgan fingerprint density at radius 1 is 1.25 bits per heavy atom. The van der Waals surface area contributed by atoms with Crippen LogP contribution in [0.5, 0.6) is 5.75 Å². The van der Waals surface area contributed by atoms with Crippen molar-refractivity contribution in [3.05, 3.63) is 24.3 Å². The highest BCUT2D eigenvalue weighted by Gasteiger charge is 2.39. The SMILES string of the molecule is CCOc1ccc(NC(=S)N[C@@H]2C[C@H]3CC[C@@H]2C3)cc1. The Morgan fingerprint density at radius 2 is 2.05 bits per heavy atom. The molecule has 0 aromatic heterocycles.